The van der Waals surface area contributed by atoms with E-state index in [0.29, 0.717) is 48.7 Å². The molecular formula is C23H23N3O5. The van der Waals surface area contributed by atoms with Crippen molar-refractivity contribution in [3.63, 3.8) is 0 Å². The largest absolute Gasteiger partial charge is 0.496 e. The van der Waals surface area contributed by atoms with Gasteiger partial charge in [-0.25, -0.2) is 4.79 Å². The summed E-state index contributed by atoms with van der Waals surface area (Å²) in [5.74, 6) is 0.903. The summed E-state index contributed by atoms with van der Waals surface area (Å²) in [6.45, 7) is 1.11. The predicted octanol–water partition coefficient (Wildman–Crippen LogP) is 3.57. The quantitative estimate of drug-likeness (QED) is 0.544. The van der Waals surface area contributed by atoms with Gasteiger partial charge >= 0.3 is 5.76 Å². The first-order valence-corrected chi connectivity index (χ1v) is 10.2. The Labute approximate surface area is 178 Å². The number of carbonyl (C=O) groups is 1. The van der Waals surface area contributed by atoms with Crippen molar-refractivity contribution in [2.75, 3.05) is 27.3 Å². The van der Waals surface area contributed by atoms with E-state index in [2.05, 4.69) is 4.98 Å². The summed E-state index contributed by atoms with van der Waals surface area (Å²) >= 11 is 0. The topological polar surface area (TPSA) is 89.7 Å². The van der Waals surface area contributed by atoms with E-state index in [4.69, 9.17) is 13.9 Å². The molecule has 2 aromatic carbocycles. The van der Waals surface area contributed by atoms with Crippen molar-refractivity contribution in [3.05, 3.63) is 58.7 Å². The lowest BCUT2D eigenvalue weighted by Gasteiger charge is -2.32. The Balaban J connectivity index is 1.38. The highest BCUT2D eigenvalue weighted by molar-refractivity contribution is 6.01. The minimum absolute atomic E-state index is 0.00287. The number of aromatic amines is 1. The molecule has 0 radical (unpaired) electrons. The zero-order chi connectivity index (χ0) is 21.5. The minimum Gasteiger partial charge on any atom is -0.496 e. The van der Waals surface area contributed by atoms with Gasteiger partial charge in [-0.15, -0.1) is 0 Å². The molecule has 0 atom stereocenters. The number of methoxy groups -OCH3 is 2. The first kappa shape index (κ1) is 19.3. The van der Waals surface area contributed by atoms with E-state index in [1.54, 1.807) is 30.9 Å². The summed E-state index contributed by atoms with van der Waals surface area (Å²) in [7, 11) is 3.19. The van der Waals surface area contributed by atoms with Gasteiger partial charge < -0.3 is 23.8 Å². The van der Waals surface area contributed by atoms with E-state index in [1.807, 2.05) is 35.2 Å². The van der Waals surface area contributed by atoms with Crippen LogP contribution < -0.4 is 15.2 Å². The molecule has 1 aliphatic rings. The Kier molecular flexibility index (Phi) is 4.69. The average molecular weight is 421 g/mol. The number of ether oxygens (including phenoxy) is 2. The zero-order valence-electron chi connectivity index (χ0n) is 17.4. The molecule has 0 saturated carbocycles. The van der Waals surface area contributed by atoms with Crippen molar-refractivity contribution in [1.29, 1.82) is 0 Å². The van der Waals surface area contributed by atoms with Crippen molar-refractivity contribution in [2.24, 2.45) is 0 Å². The number of hydrogen-bond donors (Lipinski definition) is 1. The lowest BCUT2D eigenvalue weighted by Crippen LogP contribution is -2.40. The van der Waals surface area contributed by atoms with E-state index in [-0.39, 0.29) is 17.7 Å². The van der Waals surface area contributed by atoms with Crippen molar-refractivity contribution < 1.29 is 18.7 Å². The fourth-order valence-corrected chi connectivity index (χ4v) is 4.46. The molecule has 4 aromatic rings. The Morgan fingerprint density at radius 2 is 1.77 bits per heavy atom. The molecule has 1 fully saturated rings. The van der Waals surface area contributed by atoms with Crippen LogP contribution in [0.1, 0.15) is 29.4 Å². The normalized spacial score (nSPS) is 15.0. The molecular weight excluding hydrogens is 398 g/mol. The number of rotatable bonds is 4. The number of fused-ring (bicyclic) bond motifs is 2. The van der Waals surface area contributed by atoms with Crippen LogP contribution in [0.5, 0.6) is 11.5 Å². The molecule has 3 heterocycles. The van der Waals surface area contributed by atoms with E-state index >= 15 is 0 Å². The lowest BCUT2D eigenvalue weighted by atomic mass is 10.0. The number of piperidine rings is 1. The van der Waals surface area contributed by atoms with Crippen LogP contribution >= 0.6 is 0 Å². The molecule has 0 aliphatic carbocycles. The van der Waals surface area contributed by atoms with Crippen LogP contribution in [0.15, 0.2) is 51.7 Å². The number of hydrogen-bond acceptors (Lipinski definition) is 5. The number of benzene rings is 2. The molecule has 1 amide bonds. The van der Waals surface area contributed by atoms with Crippen LogP contribution in [0.2, 0.25) is 0 Å². The molecule has 2 aromatic heterocycles. The molecule has 8 heteroatoms. The summed E-state index contributed by atoms with van der Waals surface area (Å²) in [5, 5.41) is 0.802. The monoisotopic (exact) mass is 421 g/mol. The number of nitrogens with one attached hydrogen (secondary N) is 1. The molecule has 1 N–H and O–H groups in total. The first-order chi connectivity index (χ1) is 15.1. The fourth-order valence-electron chi connectivity index (χ4n) is 4.46. The van der Waals surface area contributed by atoms with Gasteiger partial charge in [-0.1, -0.05) is 12.1 Å². The van der Waals surface area contributed by atoms with Crippen molar-refractivity contribution in [2.45, 2.75) is 18.9 Å². The third-order valence-electron chi connectivity index (χ3n) is 6.02. The summed E-state index contributed by atoms with van der Waals surface area (Å²) in [6.07, 6.45) is 1.37. The molecule has 0 bridgehead atoms. The van der Waals surface area contributed by atoms with Gasteiger partial charge in [0.15, 0.2) is 5.58 Å². The van der Waals surface area contributed by atoms with Gasteiger partial charge in [-0.05, 0) is 43.2 Å². The second kappa shape index (κ2) is 7.54. The van der Waals surface area contributed by atoms with Crippen LogP contribution in [0, 0.1) is 0 Å². The SMILES string of the molecule is COc1ccc(OC)c2[nH]c(C(=O)N3CCC(n4c(=O)oc5ccccc54)CC3)cc12. The van der Waals surface area contributed by atoms with Crippen molar-refractivity contribution >= 4 is 27.9 Å². The predicted molar refractivity (Wildman–Crippen MR) is 116 cm³/mol. The number of H-pyrrole nitrogens is 1. The average Bonchev–Trinajstić information content (AvgIpc) is 3.39. The highest BCUT2D eigenvalue weighted by Crippen LogP contribution is 2.34. The first-order valence-electron chi connectivity index (χ1n) is 10.2. The molecule has 31 heavy (non-hydrogen) atoms. The van der Waals surface area contributed by atoms with Gasteiger partial charge in [-0.3, -0.25) is 9.36 Å². The number of oxazole rings is 1. The Morgan fingerprint density at radius 3 is 2.52 bits per heavy atom. The second-order valence-electron chi connectivity index (χ2n) is 7.67. The van der Waals surface area contributed by atoms with Gasteiger partial charge in [0.05, 0.1) is 25.3 Å². The van der Waals surface area contributed by atoms with Crippen molar-refractivity contribution in [3.8, 4) is 11.5 Å². The Bertz CT molecular complexity index is 1280. The summed E-state index contributed by atoms with van der Waals surface area (Å²) < 4.78 is 17.9. The maximum absolute atomic E-state index is 13.2. The molecule has 160 valence electrons. The van der Waals surface area contributed by atoms with Gasteiger partial charge in [0.2, 0.25) is 0 Å². The second-order valence-corrected chi connectivity index (χ2v) is 7.67. The van der Waals surface area contributed by atoms with Crippen LogP contribution in [0.25, 0.3) is 22.0 Å². The van der Waals surface area contributed by atoms with Gasteiger partial charge in [0.1, 0.15) is 17.2 Å². The Morgan fingerprint density at radius 1 is 1.06 bits per heavy atom. The summed E-state index contributed by atoms with van der Waals surface area (Å²) in [6, 6.07) is 12.9. The highest BCUT2D eigenvalue weighted by atomic mass is 16.5. The molecule has 5 rings (SSSR count). The maximum Gasteiger partial charge on any atom is 0.420 e. The molecule has 1 saturated heterocycles. The number of nitrogens with zero attached hydrogens (tertiary/aromatic N) is 2. The highest BCUT2D eigenvalue weighted by Gasteiger charge is 2.28. The smallest absolute Gasteiger partial charge is 0.420 e. The number of amides is 1. The minimum atomic E-state index is -0.346. The van der Waals surface area contributed by atoms with Crippen LogP contribution in [-0.2, 0) is 0 Å². The van der Waals surface area contributed by atoms with E-state index in [1.165, 1.54) is 0 Å². The van der Waals surface area contributed by atoms with Gasteiger partial charge in [0.25, 0.3) is 5.91 Å². The van der Waals surface area contributed by atoms with Crippen molar-refractivity contribution in [1.82, 2.24) is 14.5 Å². The molecule has 0 unspecified atom stereocenters. The third kappa shape index (κ3) is 3.15. The fraction of sp³-hybridized carbons (Fsp3) is 0.304. The molecule has 0 spiro atoms. The van der Waals surface area contributed by atoms with Gasteiger partial charge in [-0.2, -0.15) is 0 Å². The van der Waals surface area contributed by atoms with E-state index < -0.39 is 0 Å². The van der Waals surface area contributed by atoms with E-state index in [0.717, 1.165) is 16.4 Å². The summed E-state index contributed by atoms with van der Waals surface area (Å²) in [4.78, 5) is 30.6. The number of aromatic nitrogens is 2. The standard InChI is InChI=1S/C23H23N3O5/c1-29-18-7-8-20(30-2)21-15(18)13-16(24-21)22(27)25-11-9-14(10-12-25)26-17-5-3-4-6-19(17)31-23(26)28/h3-8,13-14,24H,9-12H2,1-2H3. The van der Waals surface area contributed by atoms with Gasteiger partial charge in [0, 0.05) is 24.5 Å². The van der Waals surface area contributed by atoms with Crippen LogP contribution in [0.4, 0.5) is 0 Å². The number of para-hydroxylation sites is 2. The zero-order valence-corrected chi connectivity index (χ0v) is 17.4. The molecule has 1 aliphatic heterocycles. The maximum atomic E-state index is 13.2. The number of likely N-dealkylation sites (tertiary alicyclic amines) is 1. The molecule has 8 nitrogen and oxygen atoms in total. The van der Waals surface area contributed by atoms with Crippen LogP contribution in [-0.4, -0.2) is 47.7 Å². The lowest BCUT2D eigenvalue weighted by molar-refractivity contribution is 0.0689. The Hall–Kier alpha value is -3.68. The number of carbonyl (C=O) groups excluding carboxylic acids is 1. The van der Waals surface area contributed by atoms with E-state index in [9.17, 15) is 9.59 Å². The third-order valence-corrected chi connectivity index (χ3v) is 6.02. The summed E-state index contributed by atoms with van der Waals surface area (Å²) in [5.41, 5.74) is 2.61. The van der Waals surface area contributed by atoms with Crippen LogP contribution in [0.3, 0.4) is 0 Å².